The van der Waals surface area contributed by atoms with E-state index < -0.39 is 0 Å². The van der Waals surface area contributed by atoms with Crippen LogP contribution in [0, 0.1) is 22.7 Å². The first-order chi connectivity index (χ1) is 13.1. The summed E-state index contributed by atoms with van der Waals surface area (Å²) in [7, 11) is 3.08. The van der Waals surface area contributed by atoms with Crippen molar-refractivity contribution in [1.29, 1.82) is 0 Å². The number of aromatic hydroxyl groups is 1. The molecule has 4 rings (SSSR count). The second-order valence-electron chi connectivity index (χ2n) is 10.4. The number of ether oxygens (including phenoxy) is 2. The Balaban J connectivity index is 1.91. The molecule has 3 aliphatic rings. The molecule has 1 N–H and O–H groups in total. The zero-order chi connectivity index (χ0) is 20.5. The standard InChI is InChI=1S/C24H34O4/c1-22(2)9-7-10-24(4)17(22)8-11-23(3)14-12-16(27-5)21(28-6)20(26)19(14)15(25)13-18(23)24/h12,17-18,26H,7-11,13H2,1-6H3/t17-,18?,23-,24-/m0/s1. The molecule has 0 aliphatic heterocycles. The summed E-state index contributed by atoms with van der Waals surface area (Å²) in [6, 6.07) is 1.95. The third-order valence-corrected chi connectivity index (χ3v) is 8.72. The zero-order valence-corrected chi connectivity index (χ0v) is 18.1. The van der Waals surface area contributed by atoms with Gasteiger partial charge in [-0.05, 0) is 65.4 Å². The van der Waals surface area contributed by atoms with Crippen LogP contribution in [-0.4, -0.2) is 25.1 Å². The Morgan fingerprint density at radius 1 is 1.04 bits per heavy atom. The number of ketones is 1. The van der Waals surface area contributed by atoms with Crippen LogP contribution >= 0.6 is 0 Å². The number of phenols is 1. The van der Waals surface area contributed by atoms with Crippen LogP contribution in [0.5, 0.6) is 17.2 Å². The molecule has 0 heterocycles. The maximum atomic E-state index is 13.3. The molecule has 1 unspecified atom stereocenters. The average Bonchev–Trinajstić information content (AvgIpc) is 2.62. The first kappa shape index (κ1) is 19.6. The van der Waals surface area contributed by atoms with Crippen LogP contribution in [0.1, 0.15) is 82.1 Å². The fraction of sp³-hybridized carbons (Fsp3) is 0.708. The first-order valence-corrected chi connectivity index (χ1v) is 10.6. The second kappa shape index (κ2) is 6.14. The molecule has 0 saturated heterocycles. The number of methoxy groups -OCH3 is 2. The van der Waals surface area contributed by atoms with E-state index >= 15 is 0 Å². The Morgan fingerprint density at radius 2 is 1.75 bits per heavy atom. The third-order valence-electron chi connectivity index (χ3n) is 8.72. The topological polar surface area (TPSA) is 55.8 Å². The molecule has 4 nitrogen and oxygen atoms in total. The molecule has 0 amide bonds. The van der Waals surface area contributed by atoms with Crippen molar-refractivity contribution in [3.63, 3.8) is 0 Å². The lowest BCUT2D eigenvalue weighted by Gasteiger charge is -2.63. The number of phenolic OH excluding ortho intramolecular Hbond substituents is 1. The van der Waals surface area contributed by atoms with Gasteiger partial charge in [-0.1, -0.05) is 34.1 Å². The maximum Gasteiger partial charge on any atom is 0.203 e. The van der Waals surface area contributed by atoms with E-state index in [4.69, 9.17) is 9.47 Å². The summed E-state index contributed by atoms with van der Waals surface area (Å²) in [5.41, 5.74) is 1.72. The minimum atomic E-state index is -0.140. The van der Waals surface area contributed by atoms with Crippen LogP contribution in [0.25, 0.3) is 0 Å². The van der Waals surface area contributed by atoms with E-state index in [1.54, 1.807) is 7.11 Å². The van der Waals surface area contributed by atoms with E-state index in [-0.39, 0.29) is 34.0 Å². The van der Waals surface area contributed by atoms with Crippen molar-refractivity contribution in [1.82, 2.24) is 0 Å². The van der Waals surface area contributed by atoms with Crippen molar-refractivity contribution < 1.29 is 19.4 Å². The number of hydrogen-bond acceptors (Lipinski definition) is 4. The van der Waals surface area contributed by atoms with E-state index in [1.165, 1.54) is 32.8 Å². The summed E-state index contributed by atoms with van der Waals surface area (Å²) >= 11 is 0. The molecular weight excluding hydrogens is 352 g/mol. The summed E-state index contributed by atoms with van der Waals surface area (Å²) < 4.78 is 10.9. The number of fused-ring (bicyclic) bond motifs is 5. The quantitative estimate of drug-likeness (QED) is 0.729. The summed E-state index contributed by atoms with van der Waals surface area (Å²) in [5.74, 6) is 1.67. The molecule has 0 aromatic heterocycles. The van der Waals surface area contributed by atoms with Gasteiger partial charge in [-0.3, -0.25) is 4.79 Å². The van der Waals surface area contributed by atoms with Crippen molar-refractivity contribution in [2.45, 2.75) is 71.6 Å². The Bertz CT molecular complexity index is 826. The molecule has 2 fully saturated rings. The van der Waals surface area contributed by atoms with Gasteiger partial charge >= 0.3 is 0 Å². The zero-order valence-electron chi connectivity index (χ0n) is 18.1. The molecule has 0 spiro atoms. The highest BCUT2D eigenvalue weighted by atomic mass is 16.5. The lowest BCUT2D eigenvalue weighted by atomic mass is 9.40. The van der Waals surface area contributed by atoms with Crippen LogP contribution in [0.4, 0.5) is 0 Å². The number of carbonyl (C=O) groups excluding carboxylic acids is 1. The third kappa shape index (κ3) is 2.39. The monoisotopic (exact) mass is 386 g/mol. The van der Waals surface area contributed by atoms with Crippen molar-refractivity contribution in [2.75, 3.05) is 14.2 Å². The molecule has 2 saturated carbocycles. The number of rotatable bonds is 2. The van der Waals surface area contributed by atoms with Gasteiger partial charge in [0.1, 0.15) is 0 Å². The predicted octanol–water partition coefficient (Wildman–Crippen LogP) is 5.50. The lowest BCUT2D eigenvalue weighted by Crippen LogP contribution is -2.58. The maximum absolute atomic E-state index is 13.3. The largest absolute Gasteiger partial charge is 0.504 e. The molecule has 154 valence electrons. The Morgan fingerprint density at radius 3 is 2.39 bits per heavy atom. The highest BCUT2D eigenvalue weighted by Crippen LogP contribution is 2.67. The summed E-state index contributed by atoms with van der Waals surface area (Å²) in [4.78, 5) is 13.3. The summed E-state index contributed by atoms with van der Waals surface area (Å²) in [6.07, 6.45) is 6.40. The molecule has 4 heteroatoms. The van der Waals surface area contributed by atoms with E-state index in [9.17, 15) is 9.90 Å². The Hall–Kier alpha value is -1.71. The van der Waals surface area contributed by atoms with Gasteiger partial charge in [0.25, 0.3) is 0 Å². The number of hydrogen-bond donors (Lipinski definition) is 1. The van der Waals surface area contributed by atoms with Gasteiger partial charge in [-0.2, -0.15) is 0 Å². The molecule has 4 atom stereocenters. The van der Waals surface area contributed by atoms with Crippen LogP contribution in [0.2, 0.25) is 0 Å². The van der Waals surface area contributed by atoms with Crippen molar-refractivity contribution >= 4 is 5.78 Å². The van der Waals surface area contributed by atoms with Crippen molar-refractivity contribution in [3.8, 4) is 17.2 Å². The van der Waals surface area contributed by atoms with Gasteiger partial charge in [0.15, 0.2) is 17.3 Å². The lowest BCUT2D eigenvalue weighted by molar-refractivity contribution is -0.106. The van der Waals surface area contributed by atoms with Crippen molar-refractivity contribution in [2.24, 2.45) is 22.7 Å². The van der Waals surface area contributed by atoms with E-state index in [1.807, 2.05) is 6.07 Å². The van der Waals surface area contributed by atoms with Crippen LogP contribution < -0.4 is 9.47 Å². The van der Waals surface area contributed by atoms with Gasteiger partial charge in [-0.15, -0.1) is 0 Å². The van der Waals surface area contributed by atoms with Crippen LogP contribution in [0.15, 0.2) is 6.07 Å². The minimum Gasteiger partial charge on any atom is -0.504 e. The van der Waals surface area contributed by atoms with E-state index in [0.29, 0.717) is 29.1 Å². The van der Waals surface area contributed by atoms with E-state index in [0.717, 1.165) is 12.0 Å². The second-order valence-corrected chi connectivity index (χ2v) is 10.4. The normalized spacial score (nSPS) is 36.1. The highest BCUT2D eigenvalue weighted by Gasteiger charge is 2.61. The minimum absolute atomic E-state index is 0.0428. The highest BCUT2D eigenvalue weighted by molar-refractivity contribution is 6.03. The van der Waals surface area contributed by atoms with Gasteiger partial charge < -0.3 is 14.6 Å². The van der Waals surface area contributed by atoms with Gasteiger partial charge in [0.05, 0.1) is 19.8 Å². The smallest absolute Gasteiger partial charge is 0.203 e. The van der Waals surface area contributed by atoms with Gasteiger partial charge in [-0.25, -0.2) is 0 Å². The molecule has 1 aromatic carbocycles. The number of Topliss-reactive ketones (excluding diaryl/α,β-unsaturated/α-hetero) is 1. The predicted molar refractivity (Wildman–Crippen MR) is 109 cm³/mol. The van der Waals surface area contributed by atoms with Gasteiger partial charge in [0, 0.05) is 6.42 Å². The fourth-order valence-corrected chi connectivity index (χ4v) is 7.43. The average molecular weight is 387 g/mol. The number of carbonyl (C=O) groups is 1. The van der Waals surface area contributed by atoms with Crippen LogP contribution in [0.3, 0.4) is 0 Å². The molecular formula is C24H34O4. The first-order valence-electron chi connectivity index (χ1n) is 10.6. The summed E-state index contributed by atoms with van der Waals surface area (Å²) in [5, 5.41) is 10.9. The molecule has 0 radical (unpaired) electrons. The molecule has 28 heavy (non-hydrogen) atoms. The van der Waals surface area contributed by atoms with Gasteiger partial charge in [0.2, 0.25) is 5.75 Å². The van der Waals surface area contributed by atoms with Crippen molar-refractivity contribution in [3.05, 3.63) is 17.2 Å². The SMILES string of the molecule is COc1cc2c(c(O)c1OC)C(=O)CC1[C@@]2(C)CC[C@H]2C(C)(C)CCC[C@]12C. The number of benzene rings is 1. The summed E-state index contributed by atoms with van der Waals surface area (Å²) in [6.45, 7) is 9.56. The fourth-order valence-electron chi connectivity index (χ4n) is 7.43. The Kier molecular flexibility index (Phi) is 4.30. The van der Waals surface area contributed by atoms with E-state index in [2.05, 4.69) is 27.7 Å². The molecule has 3 aliphatic carbocycles. The molecule has 1 aromatic rings. The Labute approximate surface area is 168 Å². The molecule has 0 bridgehead atoms. The van der Waals surface area contributed by atoms with Crippen LogP contribution in [-0.2, 0) is 5.41 Å².